The fourth-order valence-electron chi connectivity index (χ4n) is 5.32. The maximum absolute atomic E-state index is 13.2. The van der Waals surface area contributed by atoms with Gasteiger partial charge >= 0.3 is 5.97 Å². The van der Waals surface area contributed by atoms with Crippen molar-refractivity contribution in [2.45, 2.75) is 31.9 Å². The van der Waals surface area contributed by atoms with Crippen molar-refractivity contribution in [3.63, 3.8) is 0 Å². The second-order valence-electron chi connectivity index (χ2n) is 9.95. The van der Waals surface area contributed by atoms with Crippen LogP contribution in [0.4, 0.5) is 0 Å². The highest BCUT2D eigenvalue weighted by Crippen LogP contribution is 2.43. The Morgan fingerprint density at radius 3 is 2.68 bits per heavy atom. The number of hydrogen-bond donors (Lipinski definition) is 3. The predicted octanol–water partition coefficient (Wildman–Crippen LogP) is 4.40. The van der Waals surface area contributed by atoms with Crippen molar-refractivity contribution in [2.24, 2.45) is 5.73 Å². The highest BCUT2D eigenvalue weighted by atomic mass is 35.5. The summed E-state index contributed by atoms with van der Waals surface area (Å²) in [5.41, 5.74) is 10.4. The van der Waals surface area contributed by atoms with Gasteiger partial charge in [-0.05, 0) is 72.8 Å². The number of halogens is 1. The van der Waals surface area contributed by atoms with Gasteiger partial charge in [-0.2, -0.15) is 0 Å². The van der Waals surface area contributed by atoms with E-state index < -0.39 is 11.6 Å². The first-order chi connectivity index (χ1) is 18.3. The molecule has 0 radical (unpaired) electrons. The Labute approximate surface area is 226 Å². The molecule has 3 aromatic carbocycles. The van der Waals surface area contributed by atoms with Crippen LogP contribution in [0.15, 0.2) is 72.4 Å². The van der Waals surface area contributed by atoms with Crippen molar-refractivity contribution in [1.29, 1.82) is 0 Å². The van der Waals surface area contributed by atoms with E-state index in [9.17, 15) is 14.7 Å². The second-order valence-corrected chi connectivity index (χ2v) is 10.4. The highest BCUT2D eigenvalue weighted by Gasteiger charge is 2.49. The van der Waals surface area contributed by atoms with Crippen LogP contribution in [0.1, 0.15) is 29.5 Å². The summed E-state index contributed by atoms with van der Waals surface area (Å²) in [7, 11) is 0. The summed E-state index contributed by atoms with van der Waals surface area (Å²) in [4.78, 5) is 27.8. The molecule has 1 atom stereocenters. The van der Waals surface area contributed by atoms with Gasteiger partial charge < -0.3 is 20.9 Å². The first-order valence-corrected chi connectivity index (χ1v) is 13.0. The lowest BCUT2D eigenvalue weighted by Gasteiger charge is -2.39. The van der Waals surface area contributed by atoms with Gasteiger partial charge in [0.25, 0.3) is 0 Å². The number of carbonyl (C=O) groups excluding carboxylic acids is 2. The van der Waals surface area contributed by atoms with E-state index in [1.54, 1.807) is 24.3 Å². The summed E-state index contributed by atoms with van der Waals surface area (Å²) in [6, 6.07) is 20.2. The summed E-state index contributed by atoms with van der Waals surface area (Å²) in [6.07, 6.45) is 1.33. The molecule has 2 aliphatic heterocycles. The lowest BCUT2D eigenvalue weighted by molar-refractivity contribution is -0.149. The van der Waals surface area contributed by atoms with Gasteiger partial charge in [0.15, 0.2) is 5.60 Å². The molecule has 38 heavy (non-hydrogen) atoms. The molecule has 1 unspecified atom stereocenters. The topological polar surface area (TPSA) is 105 Å². The normalized spacial score (nSPS) is 19.6. The van der Waals surface area contributed by atoms with Crippen molar-refractivity contribution in [3.8, 4) is 16.9 Å². The van der Waals surface area contributed by atoms with Gasteiger partial charge in [-0.15, -0.1) is 0 Å². The van der Waals surface area contributed by atoms with E-state index >= 15 is 0 Å². The number of phenolic OH excluding ortho intramolecular Hbond substituents is 1. The first kappa shape index (κ1) is 25.8. The molecule has 1 fully saturated rings. The largest absolute Gasteiger partial charge is 0.508 e. The van der Waals surface area contributed by atoms with Crippen LogP contribution < -0.4 is 11.1 Å². The molecule has 7 nitrogen and oxygen atoms in total. The fourth-order valence-corrected chi connectivity index (χ4v) is 5.60. The Morgan fingerprint density at radius 1 is 1.13 bits per heavy atom. The standard InChI is InChI=1S/C30H30ClN3O4/c1-19-13-24(21-9-5-10-22(35)14-21)25(31)15-23(19)27-28(32)30(38-29(27)37)11-6-12-34(18-30)17-26(36)33-16-20-7-3-2-4-8-20/h2-5,7-10,13-15,35H,6,11-12,16-18,32H2,1H3,(H,33,36). The Hall–Kier alpha value is -3.81. The number of esters is 1. The number of piperidine rings is 1. The number of aryl methyl sites for hydroxylation is 1. The Morgan fingerprint density at radius 2 is 1.92 bits per heavy atom. The van der Waals surface area contributed by atoms with E-state index in [4.69, 9.17) is 22.1 Å². The highest BCUT2D eigenvalue weighted by molar-refractivity contribution is 6.34. The number of nitrogens with one attached hydrogen (secondary N) is 1. The fraction of sp³-hybridized carbons (Fsp3) is 0.267. The average Bonchev–Trinajstić information content (AvgIpc) is 3.12. The van der Waals surface area contributed by atoms with E-state index in [2.05, 4.69) is 5.32 Å². The minimum atomic E-state index is -0.979. The number of hydrogen-bond acceptors (Lipinski definition) is 6. The third-order valence-electron chi connectivity index (χ3n) is 7.23. The van der Waals surface area contributed by atoms with Gasteiger partial charge in [-0.3, -0.25) is 9.69 Å². The molecule has 2 aliphatic rings. The summed E-state index contributed by atoms with van der Waals surface area (Å²) in [6.45, 7) is 3.60. The number of aromatic hydroxyl groups is 1. The van der Waals surface area contributed by atoms with Gasteiger partial charge in [-0.1, -0.05) is 54.1 Å². The van der Waals surface area contributed by atoms with E-state index in [1.165, 1.54) is 0 Å². The van der Waals surface area contributed by atoms with Crippen LogP contribution in [0.25, 0.3) is 16.7 Å². The molecule has 0 bridgehead atoms. The molecule has 0 saturated carbocycles. The predicted molar refractivity (Wildman–Crippen MR) is 147 cm³/mol. The number of benzene rings is 3. The van der Waals surface area contributed by atoms with E-state index in [-0.39, 0.29) is 18.2 Å². The van der Waals surface area contributed by atoms with Gasteiger partial charge in [0, 0.05) is 23.7 Å². The van der Waals surface area contributed by atoms with Gasteiger partial charge in [0.05, 0.1) is 17.8 Å². The number of rotatable bonds is 6. The zero-order valence-electron chi connectivity index (χ0n) is 21.2. The smallest absolute Gasteiger partial charge is 0.341 e. The third-order valence-corrected chi connectivity index (χ3v) is 7.54. The maximum Gasteiger partial charge on any atom is 0.341 e. The molecule has 1 spiro atoms. The number of amides is 1. The number of nitrogens with zero attached hydrogens (tertiary/aromatic N) is 1. The van der Waals surface area contributed by atoms with Crippen LogP contribution in [0, 0.1) is 6.92 Å². The van der Waals surface area contributed by atoms with Crippen LogP contribution in [-0.2, 0) is 20.9 Å². The molecule has 5 rings (SSSR count). The lowest BCUT2D eigenvalue weighted by Crippen LogP contribution is -2.53. The zero-order valence-corrected chi connectivity index (χ0v) is 21.9. The monoisotopic (exact) mass is 531 g/mol. The van der Waals surface area contributed by atoms with Crippen molar-refractivity contribution >= 4 is 29.1 Å². The molecule has 0 aromatic heterocycles. The van der Waals surface area contributed by atoms with Crippen molar-refractivity contribution in [1.82, 2.24) is 10.2 Å². The molecule has 2 heterocycles. The van der Waals surface area contributed by atoms with Crippen molar-refractivity contribution in [2.75, 3.05) is 19.6 Å². The quantitative estimate of drug-likeness (QED) is 0.407. The third kappa shape index (κ3) is 5.12. The number of carbonyl (C=O) groups is 2. The van der Waals surface area contributed by atoms with Crippen LogP contribution in [0.5, 0.6) is 5.75 Å². The zero-order chi connectivity index (χ0) is 26.9. The van der Waals surface area contributed by atoms with Gasteiger partial charge in [0.1, 0.15) is 5.75 Å². The molecule has 3 aromatic rings. The van der Waals surface area contributed by atoms with Gasteiger partial charge in [-0.25, -0.2) is 4.79 Å². The van der Waals surface area contributed by atoms with Gasteiger partial charge in [0.2, 0.25) is 5.91 Å². The minimum Gasteiger partial charge on any atom is -0.508 e. The molecule has 196 valence electrons. The SMILES string of the molecule is Cc1cc(-c2cccc(O)c2)c(Cl)cc1C1=C(N)C2(CCCN(CC(=O)NCc3ccccc3)C2)OC1=O. The second kappa shape index (κ2) is 10.5. The van der Waals surface area contributed by atoms with Crippen LogP contribution in [-0.4, -0.2) is 47.1 Å². The number of ether oxygens (including phenoxy) is 1. The molecular weight excluding hydrogens is 502 g/mol. The molecule has 0 aliphatic carbocycles. The summed E-state index contributed by atoms with van der Waals surface area (Å²) in [5.74, 6) is -0.436. The van der Waals surface area contributed by atoms with E-state index in [0.29, 0.717) is 47.9 Å². The maximum atomic E-state index is 13.2. The summed E-state index contributed by atoms with van der Waals surface area (Å²) < 4.78 is 5.95. The van der Waals surface area contributed by atoms with Crippen molar-refractivity contribution in [3.05, 3.63) is 94.1 Å². The van der Waals surface area contributed by atoms with Crippen LogP contribution in [0.3, 0.4) is 0 Å². The van der Waals surface area contributed by atoms with Crippen LogP contribution in [0.2, 0.25) is 5.02 Å². The number of likely N-dealkylation sites (tertiary alicyclic amines) is 1. The Kier molecular flexibility index (Phi) is 7.15. The Balaban J connectivity index is 1.36. The molecule has 1 saturated heterocycles. The molecular formula is C30H30ClN3O4. The number of nitrogens with two attached hydrogens (primary N) is 1. The molecule has 1 amide bonds. The molecule has 4 N–H and O–H groups in total. The summed E-state index contributed by atoms with van der Waals surface area (Å²) in [5, 5.41) is 13.3. The lowest BCUT2D eigenvalue weighted by atomic mass is 9.86. The number of phenols is 1. The minimum absolute atomic E-state index is 0.0943. The van der Waals surface area contributed by atoms with Crippen molar-refractivity contribution < 1.29 is 19.4 Å². The Bertz CT molecular complexity index is 1420. The van der Waals surface area contributed by atoms with Crippen LogP contribution >= 0.6 is 11.6 Å². The van der Waals surface area contributed by atoms with E-state index in [0.717, 1.165) is 28.7 Å². The summed E-state index contributed by atoms with van der Waals surface area (Å²) >= 11 is 6.64. The average molecular weight is 532 g/mol. The van der Waals surface area contributed by atoms with E-state index in [1.807, 2.05) is 54.3 Å². The first-order valence-electron chi connectivity index (χ1n) is 12.6. The molecule has 8 heteroatoms.